The Morgan fingerprint density at radius 2 is 2.10 bits per heavy atom. The molecule has 1 atom stereocenters. The van der Waals surface area contributed by atoms with Crippen molar-refractivity contribution in [1.29, 1.82) is 0 Å². The number of aliphatic hydroxyl groups is 1. The first kappa shape index (κ1) is 18.2. The lowest BCUT2D eigenvalue weighted by molar-refractivity contribution is 0.0111. The minimum atomic E-state index is -0.648. The Morgan fingerprint density at radius 3 is 2.81 bits per heavy atom. The van der Waals surface area contributed by atoms with Crippen LogP contribution in [-0.2, 0) is 11.3 Å². The van der Waals surface area contributed by atoms with Crippen molar-refractivity contribution in [3.63, 3.8) is 0 Å². The molecular weight excluding hydrogens is 290 g/mol. The van der Waals surface area contributed by atoms with Gasteiger partial charge < -0.3 is 19.9 Å². The molecule has 0 aliphatic carbocycles. The second-order valence-corrected chi connectivity index (χ2v) is 5.31. The third kappa shape index (κ3) is 7.14. The van der Waals surface area contributed by atoms with E-state index in [0.29, 0.717) is 23.9 Å². The molecule has 0 aromatic heterocycles. The van der Waals surface area contributed by atoms with Gasteiger partial charge >= 0.3 is 0 Å². The first-order valence-corrected chi connectivity index (χ1v) is 7.93. The molecule has 0 spiro atoms. The normalized spacial score (nSPS) is 12.4. The molecule has 120 valence electrons. The predicted molar refractivity (Wildman–Crippen MR) is 86.1 cm³/mol. The van der Waals surface area contributed by atoms with Gasteiger partial charge in [0, 0.05) is 18.7 Å². The van der Waals surface area contributed by atoms with Crippen molar-refractivity contribution < 1.29 is 14.6 Å². The Morgan fingerprint density at radius 1 is 1.29 bits per heavy atom. The van der Waals surface area contributed by atoms with Crippen molar-refractivity contribution in [2.24, 2.45) is 0 Å². The zero-order valence-electron chi connectivity index (χ0n) is 12.9. The van der Waals surface area contributed by atoms with E-state index < -0.39 is 6.10 Å². The van der Waals surface area contributed by atoms with Gasteiger partial charge in [0.2, 0.25) is 0 Å². The maximum Gasteiger partial charge on any atom is 0.142 e. The lowest BCUT2D eigenvalue weighted by Gasteiger charge is -2.16. The Bertz CT molecular complexity index is 401. The van der Waals surface area contributed by atoms with Crippen LogP contribution >= 0.6 is 11.6 Å². The average molecular weight is 316 g/mol. The maximum atomic E-state index is 9.86. The number of hydrogen-bond acceptors (Lipinski definition) is 4. The van der Waals surface area contributed by atoms with Crippen LogP contribution in [0, 0.1) is 0 Å². The van der Waals surface area contributed by atoms with E-state index in [2.05, 4.69) is 12.2 Å². The van der Waals surface area contributed by atoms with Gasteiger partial charge in [0.1, 0.15) is 18.5 Å². The third-order valence-corrected chi connectivity index (χ3v) is 3.28. The molecule has 0 fully saturated rings. The molecule has 1 aromatic rings. The quantitative estimate of drug-likeness (QED) is 0.616. The van der Waals surface area contributed by atoms with Crippen molar-refractivity contribution in [2.45, 2.75) is 39.3 Å². The van der Waals surface area contributed by atoms with Crippen molar-refractivity contribution in [3.8, 4) is 5.75 Å². The standard InChI is InChI=1S/C16H26ClNO3/c1-3-5-9-20-11-14(19)12-21-16-13(10-18-4-2)7-6-8-15(16)17/h6-8,14,18-19H,3-5,9-12H2,1-2H3. The second kappa shape index (κ2) is 10.9. The monoisotopic (exact) mass is 315 g/mol. The Hall–Kier alpha value is -0.810. The topological polar surface area (TPSA) is 50.7 Å². The maximum absolute atomic E-state index is 9.86. The van der Waals surface area contributed by atoms with E-state index in [1.54, 1.807) is 6.07 Å². The van der Waals surface area contributed by atoms with Crippen LogP contribution in [0.25, 0.3) is 0 Å². The summed E-state index contributed by atoms with van der Waals surface area (Å²) < 4.78 is 11.1. The lowest BCUT2D eigenvalue weighted by Crippen LogP contribution is -2.24. The minimum absolute atomic E-state index is 0.176. The number of aliphatic hydroxyl groups excluding tert-OH is 1. The highest BCUT2D eigenvalue weighted by atomic mass is 35.5. The zero-order valence-corrected chi connectivity index (χ0v) is 13.7. The number of hydrogen-bond donors (Lipinski definition) is 2. The van der Waals surface area contributed by atoms with Crippen LogP contribution in [0.1, 0.15) is 32.3 Å². The SMILES string of the molecule is CCCCOCC(O)COc1c(Cl)cccc1CNCC. The number of para-hydroxylation sites is 1. The van der Waals surface area contributed by atoms with Crippen molar-refractivity contribution in [3.05, 3.63) is 28.8 Å². The van der Waals surface area contributed by atoms with Crippen molar-refractivity contribution in [2.75, 3.05) is 26.4 Å². The summed E-state index contributed by atoms with van der Waals surface area (Å²) in [7, 11) is 0. The summed E-state index contributed by atoms with van der Waals surface area (Å²) in [6, 6.07) is 5.65. The van der Waals surface area contributed by atoms with Gasteiger partial charge in [-0.1, -0.05) is 44.0 Å². The molecule has 2 N–H and O–H groups in total. The van der Waals surface area contributed by atoms with Gasteiger partial charge in [-0.15, -0.1) is 0 Å². The highest BCUT2D eigenvalue weighted by molar-refractivity contribution is 6.32. The van der Waals surface area contributed by atoms with Gasteiger partial charge in [-0.05, 0) is 19.0 Å². The van der Waals surface area contributed by atoms with Crippen LogP contribution in [0.5, 0.6) is 5.75 Å². The summed E-state index contributed by atoms with van der Waals surface area (Å²) in [5.74, 6) is 0.632. The molecule has 0 saturated heterocycles. The lowest BCUT2D eigenvalue weighted by atomic mass is 10.2. The summed E-state index contributed by atoms with van der Waals surface area (Å²) in [6.45, 7) is 6.84. The van der Waals surface area contributed by atoms with Gasteiger partial charge in [0.15, 0.2) is 0 Å². The first-order valence-electron chi connectivity index (χ1n) is 7.55. The Kier molecular flexibility index (Phi) is 9.42. The summed E-state index contributed by atoms with van der Waals surface area (Å²) in [6.07, 6.45) is 1.44. The smallest absolute Gasteiger partial charge is 0.142 e. The van der Waals surface area contributed by atoms with Crippen LogP contribution in [0.15, 0.2) is 18.2 Å². The number of ether oxygens (including phenoxy) is 2. The van der Waals surface area contributed by atoms with E-state index in [0.717, 1.165) is 24.9 Å². The molecule has 1 rings (SSSR count). The molecule has 1 aromatic carbocycles. The van der Waals surface area contributed by atoms with Gasteiger partial charge in [0.25, 0.3) is 0 Å². The fourth-order valence-electron chi connectivity index (χ4n) is 1.81. The minimum Gasteiger partial charge on any atom is -0.489 e. The van der Waals surface area contributed by atoms with Crippen LogP contribution in [0.4, 0.5) is 0 Å². The van der Waals surface area contributed by atoms with Crippen LogP contribution in [0.3, 0.4) is 0 Å². The third-order valence-electron chi connectivity index (χ3n) is 2.99. The molecule has 0 bridgehead atoms. The van der Waals surface area contributed by atoms with Gasteiger partial charge in [0.05, 0.1) is 11.6 Å². The molecule has 0 radical (unpaired) electrons. The van der Waals surface area contributed by atoms with E-state index in [1.807, 2.05) is 19.1 Å². The molecule has 0 heterocycles. The van der Waals surface area contributed by atoms with Crippen molar-refractivity contribution >= 4 is 11.6 Å². The second-order valence-electron chi connectivity index (χ2n) is 4.90. The van der Waals surface area contributed by atoms with E-state index in [9.17, 15) is 5.11 Å². The number of rotatable bonds is 11. The Labute approximate surface area is 132 Å². The van der Waals surface area contributed by atoms with E-state index in [1.165, 1.54) is 0 Å². The molecule has 4 nitrogen and oxygen atoms in total. The zero-order chi connectivity index (χ0) is 15.5. The number of halogens is 1. The van der Waals surface area contributed by atoms with Crippen molar-refractivity contribution in [1.82, 2.24) is 5.32 Å². The molecule has 0 aliphatic heterocycles. The van der Waals surface area contributed by atoms with Crippen LogP contribution in [-0.4, -0.2) is 37.6 Å². The molecule has 0 amide bonds. The van der Waals surface area contributed by atoms with Gasteiger partial charge in [-0.2, -0.15) is 0 Å². The Balaban J connectivity index is 2.46. The predicted octanol–water partition coefficient (Wildman–Crippen LogP) is 3.01. The van der Waals surface area contributed by atoms with Crippen LogP contribution < -0.4 is 10.1 Å². The number of benzene rings is 1. The molecule has 0 saturated carbocycles. The fraction of sp³-hybridized carbons (Fsp3) is 0.625. The highest BCUT2D eigenvalue weighted by Crippen LogP contribution is 2.28. The average Bonchev–Trinajstić information content (AvgIpc) is 2.48. The van der Waals surface area contributed by atoms with Gasteiger partial charge in [-0.3, -0.25) is 0 Å². The summed E-state index contributed by atoms with van der Waals surface area (Å²) >= 11 is 6.17. The summed E-state index contributed by atoms with van der Waals surface area (Å²) in [5, 5.41) is 13.7. The molecule has 0 aliphatic rings. The summed E-state index contributed by atoms with van der Waals surface area (Å²) in [4.78, 5) is 0. The molecular formula is C16H26ClNO3. The van der Waals surface area contributed by atoms with Crippen LogP contribution in [0.2, 0.25) is 5.02 Å². The number of nitrogens with one attached hydrogen (secondary N) is 1. The summed E-state index contributed by atoms with van der Waals surface area (Å²) in [5.41, 5.74) is 0.989. The number of unbranched alkanes of at least 4 members (excludes halogenated alkanes) is 1. The largest absolute Gasteiger partial charge is 0.489 e. The van der Waals surface area contributed by atoms with E-state index >= 15 is 0 Å². The fourth-order valence-corrected chi connectivity index (χ4v) is 2.06. The first-order chi connectivity index (χ1) is 10.2. The highest BCUT2D eigenvalue weighted by Gasteiger charge is 2.11. The molecule has 21 heavy (non-hydrogen) atoms. The molecule has 5 heteroatoms. The molecule has 1 unspecified atom stereocenters. The van der Waals surface area contributed by atoms with E-state index in [4.69, 9.17) is 21.1 Å². The van der Waals surface area contributed by atoms with E-state index in [-0.39, 0.29) is 13.2 Å². The van der Waals surface area contributed by atoms with Gasteiger partial charge in [-0.25, -0.2) is 0 Å².